The van der Waals surface area contributed by atoms with Crippen LogP contribution >= 0.6 is 0 Å². The summed E-state index contributed by atoms with van der Waals surface area (Å²) in [6.45, 7) is 3.54. The molecular formula is C25H22FN3O3. The second kappa shape index (κ2) is 8.63. The molecule has 3 aromatic carbocycles. The maximum atomic E-state index is 13.3. The summed E-state index contributed by atoms with van der Waals surface area (Å²) in [5.74, 6) is -0.780. The van der Waals surface area contributed by atoms with Gasteiger partial charge in [0, 0.05) is 5.69 Å². The van der Waals surface area contributed by atoms with Gasteiger partial charge in [0.25, 0.3) is 5.56 Å². The summed E-state index contributed by atoms with van der Waals surface area (Å²) in [7, 11) is 0. The van der Waals surface area contributed by atoms with Crippen LogP contribution in [-0.2, 0) is 17.9 Å². The van der Waals surface area contributed by atoms with E-state index in [9.17, 15) is 18.8 Å². The molecule has 0 unspecified atom stereocenters. The molecule has 0 fully saturated rings. The number of para-hydroxylation sites is 1. The van der Waals surface area contributed by atoms with Crippen LogP contribution in [0.15, 0.2) is 76.3 Å². The van der Waals surface area contributed by atoms with Crippen LogP contribution in [0.3, 0.4) is 0 Å². The second-order valence-electron chi connectivity index (χ2n) is 7.77. The summed E-state index contributed by atoms with van der Waals surface area (Å²) in [6, 6.07) is 18.0. The topological polar surface area (TPSA) is 73.1 Å². The van der Waals surface area contributed by atoms with E-state index in [2.05, 4.69) is 5.32 Å². The molecule has 1 amide bonds. The van der Waals surface area contributed by atoms with Crippen molar-refractivity contribution in [3.8, 4) is 0 Å². The van der Waals surface area contributed by atoms with Crippen LogP contribution < -0.4 is 16.6 Å². The van der Waals surface area contributed by atoms with Gasteiger partial charge >= 0.3 is 5.69 Å². The maximum Gasteiger partial charge on any atom is 0.332 e. The van der Waals surface area contributed by atoms with Gasteiger partial charge in [0.05, 0.1) is 17.4 Å². The molecule has 0 saturated heterocycles. The highest BCUT2D eigenvalue weighted by Gasteiger charge is 2.16. The van der Waals surface area contributed by atoms with Gasteiger partial charge in [0.2, 0.25) is 5.91 Å². The number of aryl methyl sites for hydroxylation is 2. The van der Waals surface area contributed by atoms with E-state index in [1.54, 1.807) is 24.3 Å². The Morgan fingerprint density at radius 3 is 2.41 bits per heavy atom. The van der Waals surface area contributed by atoms with Crippen molar-refractivity contribution in [2.75, 3.05) is 5.32 Å². The number of benzene rings is 3. The van der Waals surface area contributed by atoms with Crippen molar-refractivity contribution < 1.29 is 9.18 Å². The van der Waals surface area contributed by atoms with E-state index in [0.717, 1.165) is 15.7 Å². The lowest BCUT2D eigenvalue weighted by molar-refractivity contribution is -0.116. The lowest BCUT2D eigenvalue weighted by atomic mass is 10.1. The molecule has 1 N–H and O–H groups in total. The summed E-state index contributed by atoms with van der Waals surface area (Å²) in [6.07, 6.45) is 0. The van der Waals surface area contributed by atoms with Crippen molar-refractivity contribution in [2.45, 2.75) is 26.9 Å². The van der Waals surface area contributed by atoms with E-state index in [4.69, 9.17) is 0 Å². The molecule has 4 aromatic rings. The van der Waals surface area contributed by atoms with E-state index in [1.165, 1.54) is 28.8 Å². The van der Waals surface area contributed by atoms with Gasteiger partial charge in [-0.15, -0.1) is 0 Å². The number of carbonyl (C=O) groups excluding carboxylic acids is 1. The number of fused-ring (bicyclic) bond motifs is 1. The molecule has 0 bridgehead atoms. The minimum atomic E-state index is -0.603. The fraction of sp³-hybridized carbons (Fsp3) is 0.160. The van der Waals surface area contributed by atoms with Crippen LogP contribution in [-0.4, -0.2) is 15.0 Å². The molecule has 1 heterocycles. The SMILES string of the molecule is Cc1ccc(C)c(NC(=O)Cn2c(=O)n(Cc3ccc(F)cc3)c(=O)c3ccccc32)c1. The molecule has 0 aliphatic heterocycles. The molecule has 0 atom stereocenters. The van der Waals surface area contributed by atoms with Gasteiger partial charge in [-0.2, -0.15) is 0 Å². The van der Waals surface area contributed by atoms with Gasteiger partial charge in [0.15, 0.2) is 0 Å². The Hall–Kier alpha value is -4.00. The highest BCUT2D eigenvalue weighted by molar-refractivity contribution is 5.92. The quantitative estimate of drug-likeness (QED) is 0.525. The normalized spacial score (nSPS) is 11.0. The predicted octanol–water partition coefficient (Wildman–Crippen LogP) is 3.61. The summed E-state index contributed by atoms with van der Waals surface area (Å²) in [5.41, 5.74) is 2.51. The predicted molar refractivity (Wildman–Crippen MR) is 123 cm³/mol. The fourth-order valence-electron chi connectivity index (χ4n) is 3.64. The molecule has 0 spiro atoms. The van der Waals surface area contributed by atoms with Gasteiger partial charge in [-0.1, -0.05) is 36.4 Å². The number of hydrogen-bond acceptors (Lipinski definition) is 3. The zero-order valence-electron chi connectivity index (χ0n) is 17.8. The third-order valence-corrected chi connectivity index (χ3v) is 5.36. The second-order valence-corrected chi connectivity index (χ2v) is 7.77. The highest BCUT2D eigenvalue weighted by Crippen LogP contribution is 2.16. The van der Waals surface area contributed by atoms with E-state index < -0.39 is 17.1 Å². The van der Waals surface area contributed by atoms with E-state index in [1.807, 2.05) is 32.0 Å². The Balaban J connectivity index is 1.75. The third kappa shape index (κ3) is 4.23. The third-order valence-electron chi connectivity index (χ3n) is 5.36. The van der Waals surface area contributed by atoms with Crippen LogP contribution in [0.5, 0.6) is 0 Å². The van der Waals surface area contributed by atoms with Gasteiger partial charge in [-0.3, -0.25) is 18.7 Å². The largest absolute Gasteiger partial charge is 0.332 e. The van der Waals surface area contributed by atoms with Crippen molar-refractivity contribution in [1.29, 1.82) is 0 Å². The Kier molecular flexibility index (Phi) is 5.73. The van der Waals surface area contributed by atoms with Crippen molar-refractivity contribution in [1.82, 2.24) is 9.13 Å². The van der Waals surface area contributed by atoms with Crippen molar-refractivity contribution >= 4 is 22.5 Å². The molecule has 32 heavy (non-hydrogen) atoms. The lowest BCUT2D eigenvalue weighted by Gasteiger charge is -2.15. The van der Waals surface area contributed by atoms with Crippen LogP contribution in [0.2, 0.25) is 0 Å². The number of amides is 1. The number of hydrogen-bond donors (Lipinski definition) is 1. The number of anilines is 1. The van der Waals surface area contributed by atoms with E-state index in [-0.39, 0.29) is 19.0 Å². The average Bonchev–Trinajstić information content (AvgIpc) is 2.78. The van der Waals surface area contributed by atoms with E-state index >= 15 is 0 Å². The summed E-state index contributed by atoms with van der Waals surface area (Å²) >= 11 is 0. The minimum absolute atomic E-state index is 0.0264. The summed E-state index contributed by atoms with van der Waals surface area (Å²) in [4.78, 5) is 39.1. The first-order valence-corrected chi connectivity index (χ1v) is 10.2. The zero-order valence-corrected chi connectivity index (χ0v) is 17.8. The highest BCUT2D eigenvalue weighted by atomic mass is 19.1. The summed E-state index contributed by atoms with van der Waals surface area (Å²) < 4.78 is 15.6. The molecule has 0 aliphatic carbocycles. The van der Waals surface area contributed by atoms with E-state index in [0.29, 0.717) is 22.2 Å². The number of nitrogens with zero attached hydrogens (tertiary/aromatic N) is 2. The molecule has 6 nitrogen and oxygen atoms in total. The van der Waals surface area contributed by atoms with Gasteiger partial charge < -0.3 is 5.32 Å². The van der Waals surface area contributed by atoms with Crippen molar-refractivity contribution in [3.63, 3.8) is 0 Å². The van der Waals surface area contributed by atoms with Gasteiger partial charge in [0.1, 0.15) is 12.4 Å². The van der Waals surface area contributed by atoms with Crippen molar-refractivity contribution in [3.05, 3.63) is 110 Å². The molecule has 0 radical (unpaired) electrons. The first kappa shape index (κ1) is 21.2. The van der Waals surface area contributed by atoms with Crippen LogP contribution in [0.1, 0.15) is 16.7 Å². The Labute approximate surface area is 183 Å². The molecule has 162 valence electrons. The molecule has 0 aliphatic rings. The Morgan fingerprint density at radius 2 is 1.66 bits per heavy atom. The molecule has 7 heteroatoms. The van der Waals surface area contributed by atoms with Crippen LogP contribution in [0.25, 0.3) is 10.9 Å². The number of halogens is 1. The number of carbonyl (C=O) groups is 1. The molecular weight excluding hydrogens is 409 g/mol. The van der Waals surface area contributed by atoms with Gasteiger partial charge in [-0.05, 0) is 60.9 Å². The number of nitrogens with one attached hydrogen (secondary N) is 1. The minimum Gasteiger partial charge on any atom is -0.324 e. The molecule has 0 saturated carbocycles. The van der Waals surface area contributed by atoms with Crippen LogP contribution in [0, 0.1) is 19.7 Å². The van der Waals surface area contributed by atoms with Crippen LogP contribution in [0.4, 0.5) is 10.1 Å². The average molecular weight is 431 g/mol. The smallest absolute Gasteiger partial charge is 0.324 e. The van der Waals surface area contributed by atoms with Crippen molar-refractivity contribution in [2.24, 2.45) is 0 Å². The standard InChI is InChI=1S/C25H22FN3O3/c1-16-7-8-17(2)21(13-16)27-23(30)15-28-22-6-4-3-5-20(22)24(31)29(25(28)32)14-18-9-11-19(26)12-10-18/h3-13H,14-15H2,1-2H3,(H,27,30). The number of aromatic nitrogens is 2. The Morgan fingerprint density at radius 1 is 0.938 bits per heavy atom. The maximum absolute atomic E-state index is 13.3. The zero-order chi connectivity index (χ0) is 22.8. The Bertz CT molecular complexity index is 1440. The monoisotopic (exact) mass is 431 g/mol. The first-order valence-electron chi connectivity index (χ1n) is 10.2. The number of rotatable bonds is 5. The first-order chi connectivity index (χ1) is 15.3. The van der Waals surface area contributed by atoms with Gasteiger partial charge in [-0.25, -0.2) is 9.18 Å². The summed E-state index contributed by atoms with van der Waals surface area (Å²) in [5, 5.41) is 3.18. The molecule has 4 rings (SSSR count). The lowest BCUT2D eigenvalue weighted by Crippen LogP contribution is -2.42. The molecule has 1 aromatic heterocycles. The fourth-order valence-corrected chi connectivity index (χ4v) is 3.64.